The number of hydrogen-bond donors (Lipinski definition) is 1. The summed E-state index contributed by atoms with van der Waals surface area (Å²) in [5.74, 6) is -1.28. The second kappa shape index (κ2) is 9.16. The maximum atomic E-state index is 13.2. The Morgan fingerprint density at radius 3 is 2.61 bits per heavy atom. The molecule has 1 aliphatic rings. The third-order valence-electron chi connectivity index (χ3n) is 5.33. The Hall–Kier alpha value is -3.50. The second-order valence-electron chi connectivity index (χ2n) is 7.75. The number of aromatic nitrogens is 1. The molecule has 1 amide bonds. The van der Waals surface area contributed by atoms with Crippen LogP contribution in [0.25, 0.3) is 0 Å². The number of ether oxygens (including phenoxy) is 1. The van der Waals surface area contributed by atoms with Crippen molar-refractivity contribution in [3.8, 4) is 0 Å². The summed E-state index contributed by atoms with van der Waals surface area (Å²) >= 11 is 0. The number of carbonyl (C=O) groups is 2. The summed E-state index contributed by atoms with van der Waals surface area (Å²) < 4.78 is 37.9. The number of carbonyl (C=O) groups excluding carboxylic acids is 2. The number of benzene rings is 2. The Kier molecular flexibility index (Phi) is 6.30. The number of fused-ring (bicyclic) bond motifs is 1. The van der Waals surface area contributed by atoms with Gasteiger partial charge in [0.1, 0.15) is 0 Å². The maximum absolute atomic E-state index is 13.2. The molecule has 33 heavy (non-hydrogen) atoms. The Bertz CT molecular complexity index is 1300. The molecule has 0 saturated heterocycles. The Balaban J connectivity index is 1.45. The largest absolute Gasteiger partial charge is 0.449 e. The molecule has 0 spiro atoms. The van der Waals surface area contributed by atoms with Crippen molar-refractivity contribution in [3.05, 3.63) is 77.0 Å². The molecular formula is C23H23N3O6S. The number of aryl methyl sites for hydroxylation is 1. The molecule has 0 fully saturated rings. The molecule has 1 aliphatic heterocycles. The highest BCUT2D eigenvalue weighted by Crippen LogP contribution is 2.25. The van der Waals surface area contributed by atoms with E-state index in [9.17, 15) is 18.0 Å². The van der Waals surface area contributed by atoms with Gasteiger partial charge in [-0.3, -0.25) is 10.1 Å². The minimum Gasteiger partial charge on any atom is -0.449 e. The summed E-state index contributed by atoms with van der Waals surface area (Å²) in [6.07, 6.45) is -0.518. The molecule has 0 radical (unpaired) electrons. The Labute approximate surface area is 191 Å². The minimum absolute atomic E-state index is 0.00873. The van der Waals surface area contributed by atoms with Crippen molar-refractivity contribution in [2.75, 3.05) is 11.9 Å². The van der Waals surface area contributed by atoms with E-state index in [1.165, 1.54) is 41.6 Å². The third-order valence-corrected chi connectivity index (χ3v) is 7.17. The third kappa shape index (κ3) is 4.96. The Morgan fingerprint density at radius 1 is 1.12 bits per heavy atom. The molecule has 172 valence electrons. The number of rotatable bonds is 6. The topological polar surface area (TPSA) is 119 Å². The van der Waals surface area contributed by atoms with E-state index < -0.39 is 28.0 Å². The summed E-state index contributed by atoms with van der Waals surface area (Å²) in [5, 5.41) is 6.12. The van der Waals surface area contributed by atoms with Crippen molar-refractivity contribution in [3.63, 3.8) is 0 Å². The summed E-state index contributed by atoms with van der Waals surface area (Å²) in [6.45, 7) is 3.73. The van der Waals surface area contributed by atoms with E-state index in [0.717, 1.165) is 11.1 Å². The predicted molar refractivity (Wildman–Crippen MR) is 119 cm³/mol. The molecule has 1 atom stereocenters. The molecule has 1 aromatic heterocycles. The minimum atomic E-state index is -3.82. The lowest BCUT2D eigenvalue weighted by Crippen LogP contribution is -2.36. The van der Waals surface area contributed by atoms with Gasteiger partial charge in [-0.15, -0.1) is 0 Å². The van der Waals surface area contributed by atoms with Crippen molar-refractivity contribution >= 4 is 27.8 Å². The van der Waals surface area contributed by atoms with Gasteiger partial charge in [0.15, 0.2) is 6.10 Å². The van der Waals surface area contributed by atoms with E-state index >= 15 is 0 Å². The zero-order valence-corrected chi connectivity index (χ0v) is 19.0. The van der Waals surface area contributed by atoms with Crippen LogP contribution >= 0.6 is 0 Å². The summed E-state index contributed by atoms with van der Waals surface area (Å²) in [4.78, 5) is 24.8. The molecule has 0 aliphatic carbocycles. The van der Waals surface area contributed by atoms with Gasteiger partial charge in [-0.2, -0.15) is 4.31 Å². The molecule has 0 unspecified atom stereocenters. The summed E-state index contributed by atoms with van der Waals surface area (Å²) in [5.41, 5.74) is 2.72. The first-order valence-corrected chi connectivity index (χ1v) is 11.8. The molecule has 2 heterocycles. The van der Waals surface area contributed by atoms with Crippen LogP contribution in [0.4, 0.5) is 5.88 Å². The normalized spacial score (nSPS) is 14.8. The number of anilines is 1. The SMILES string of the molecule is Cc1cc(NC(=O)[C@H](C)OC(=O)c2cccc(S(=O)(=O)N3CCc4ccccc4C3)c2)on1. The number of esters is 1. The van der Waals surface area contributed by atoms with Crippen LogP contribution in [0.5, 0.6) is 0 Å². The van der Waals surface area contributed by atoms with Crippen LogP contribution in [0.3, 0.4) is 0 Å². The molecule has 1 N–H and O–H groups in total. The van der Waals surface area contributed by atoms with Gasteiger partial charge in [-0.05, 0) is 49.6 Å². The molecule has 10 heteroatoms. The van der Waals surface area contributed by atoms with E-state index in [0.29, 0.717) is 18.7 Å². The van der Waals surface area contributed by atoms with Crippen LogP contribution < -0.4 is 5.32 Å². The van der Waals surface area contributed by atoms with Crippen molar-refractivity contribution in [1.29, 1.82) is 0 Å². The highest BCUT2D eigenvalue weighted by atomic mass is 32.2. The van der Waals surface area contributed by atoms with Gasteiger partial charge in [0.2, 0.25) is 15.9 Å². The summed E-state index contributed by atoms with van der Waals surface area (Å²) in [7, 11) is -3.82. The van der Waals surface area contributed by atoms with Crippen LogP contribution in [-0.4, -0.2) is 42.4 Å². The zero-order chi connectivity index (χ0) is 23.6. The van der Waals surface area contributed by atoms with Gasteiger partial charge < -0.3 is 9.26 Å². The number of amides is 1. The standard InChI is InChI=1S/C23H23N3O6S/c1-15-12-21(32-25-15)24-22(27)16(2)31-23(28)18-8-5-9-20(13-18)33(29,30)26-11-10-17-6-3-4-7-19(17)14-26/h3-9,12-13,16H,10-11,14H2,1-2H3,(H,24,27)/t16-/m0/s1. The number of hydrogen-bond acceptors (Lipinski definition) is 7. The lowest BCUT2D eigenvalue weighted by atomic mass is 10.0. The fourth-order valence-corrected chi connectivity index (χ4v) is 5.00. The molecule has 9 nitrogen and oxygen atoms in total. The first-order valence-electron chi connectivity index (χ1n) is 10.4. The lowest BCUT2D eigenvalue weighted by Gasteiger charge is -2.28. The van der Waals surface area contributed by atoms with Crippen LogP contribution in [0.1, 0.15) is 34.1 Å². The fourth-order valence-electron chi connectivity index (χ4n) is 3.54. The smallest absolute Gasteiger partial charge is 0.338 e. The zero-order valence-electron chi connectivity index (χ0n) is 18.1. The first-order chi connectivity index (χ1) is 15.7. The van der Waals surface area contributed by atoms with Gasteiger partial charge >= 0.3 is 5.97 Å². The Morgan fingerprint density at radius 2 is 1.88 bits per heavy atom. The molecule has 4 rings (SSSR count). The molecule has 3 aromatic rings. The first kappa shape index (κ1) is 22.7. The van der Waals surface area contributed by atoms with E-state index in [2.05, 4.69) is 10.5 Å². The average Bonchev–Trinajstić information content (AvgIpc) is 3.23. The van der Waals surface area contributed by atoms with Gasteiger partial charge in [-0.1, -0.05) is 35.5 Å². The summed E-state index contributed by atoms with van der Waals surface area (Å²) in [6, 6.07) is 14.9. The average molecular weight is 470 g/mol. The molecule has 2 aromatic carbocycles. The second-order valence-corrected chi connectivity index (χ2v) is 9.69. The highest BCUT2D eigenvalue weighted by Gasteiger charge is 2.29. The van der Waals surface area contributed by atoms with Gasteiger partial charge in [-0.25, -0.2) is 13.2 Å². The van der Waals surface area contributed by atoms with Crippen LogP contribution in [0.15, 0.2) is 64.0 Å². The van der Waals surface area contributed by atoms with Gasteiger partial charge in [0, 0.05) is 19.2 Å². The van der Waals surface area contributed by atoms with Crippen molar-refractivity contribution in [2.45, 2.75) is 37.8 Å². The van der Waals surface area contributed by atoms with E-state index in [-0.39, 0.29) is 22.9 Å². The maximum Gasteiger partial charge on any atom is 0.338 e. The number of nitrogens with one attached hydrogen (secondary N) is 1. The number of sulfonamides is 1. The van der Waals surface area contributed by atoms with Gasteiger partial charge in [0.05, 0.1) is 16.2 Å². The quantitative estimate of drug-likeness (QED) is 0.551. The van der Waals surface area contributed by atoms with Gasteiger partial charge in [0.25, 0.3) is 5.91 Å². The monoisotopic (exact) mass is 469 g/mol. The molecular weight excluding hydrogens is 446 g/mol. The van der Waals surface area contributed by atoms with Crippen molar-refractivity contribution in [1.82, 2.24) is 9.46 Å². The van der Waals surface area contributed by atoms with Crippen LogP contribution in [0, 0.1) is 6.92 Å². The number of nitrogens with zero attached hydrogens (tertiary/aromatic N) is 2. The van der Waals surface area contributed by atoms with Crippen molar-refractivity contribution in [2.24, 2.45) is 0 Å². The van der Waals surface area contributed by atoms with E-state index in [4.69, 9.17) is 9.26 Å². The lowest BCUT2D eigenvalue weighted by molar-refractivity contribution is -0.123. The van der Waals surface area contributed by atoms with Crippen LogP contribution in [-0.2, 0) is 32.5 Å². The predicted octanol–water partition coefficient (Wildman–Crippen LogP) is 2.91. The molecule has 0 bridgehead atoms. The van der Waals surface area contributed by atoms with E-state index in [1.54, 1.807) is 6.92 Å². The molecule has 0 saturated carbocycles. The van der Waals surface area contributed by atoms with Crippen LogP contribution in [0.2, 0.25) is 0 Å². The fraction of sp³-hybridized carbons (Fsp3) is 0.261. The van der Waals surface area contributed by atoms with Crippen molar-refractivity contribution < 1.29 is 27.3 Å². The van der Waals surface area contributed by atoms with E-state index in [1.807, 2.05) is 24.3 Å². The highest BCUT2D eigenvalue weighted by molar-refractivity contribution is 7.89.